The summed E-state index contributed by atoms with van der Waals surface area (Å²) in [4.78, 5) is 24.8. The lowest BCUT2D eigenvalue weighted by molar-refractivity contribution is -0.137. The monoisotopic (exact) mass is 300 g/mol. The van der Waals surface area contributed by atoms with Crippen molar-refractivity contribution in [3.05, 3.63) is 29.3 Å². The summed E-state index contributed by atoms with van der Waals surface area (Å²) in [6.07, 6.45) is -4.78. The molecule has 1 aromatic rings. The van der Waals surface area contributed by atoms with E-state index < -0.39 is 34.7 Å². The molecule has 7 heteroatoms. The van der Waals surface area contributed by atoms with Gasteiger partial charge in [0.2, 0.25) is 11.8 Å². The minimum absolute atomic E-state index is 0.0588. The Labute approximate surface area is 119 Å². The standard InChI is InChI=1S/C14H15F3N2O2/c1-13(2)6-11(20)19(12(13)21)10-4-3-8(7-18)5-9(10)14(15,16)17/h3-5H,6-7,18H2,1-2H3. The first kappa shape index (κ1) is 15.5. The molecule has 0 unspecified atom stereocenters. The zero-order chi connectivity index (χ0) is 16.0. The van der Waals surface area contributed by atoms with Crippen molar-refractivity contribution in [3.8, 4) is 0 Å². The zero-order valence-electron chi connectivity index (χ0n) is 11.6. The number of alkyl halides is 3. The van der Waals surface area contributed by atoms with Crippen LogP contribution in [-0.4, -0.2) is 11.8 Å². The Morgan fingerprint density at radius 1 is 1.29 bits per heavy atom. The second-order valence-corrected chi connectivity index (χ2v) is 5.65. The van der Waals surface area contributed by atoms with Crippen LogP contribution in [0.4, 0.5) is 18.9 Å². The van der Waals surface area contributed by atoms with Crippen molar-refractivity contribution in [2.45, 2.75) is 33.0 Å². The third-order valence-electron chi connectivity index (χ3n) is 3.47. The van der Waals surface area contributed by atoms with Gasteiger partial charge in [-0.3, -0.25) is 9.59 Å². The van der Waals surface area contributed by atoms with Gasteiger partial charge in [-0.25, -0.2) is 4.90 Å². The fraction of sp³-hybridized carbons (Fsp3) is 0.429. The number of amides is 2. The first-order chi connectivity index (χ1) is 9.58. The number of imide groups is 1. The van der Waals surface area contributed by atoms with E-state index in [2.05, 4.69) is 0 Å². The summed E-state index contributed by atoms with van der Waals surface area (Å²) in [6.45, 7) is 3.01. The Kier molecular flexibility index (Phi) is 3.57. The van der Waals surface area contributed by atoms with Crippen LogP contribution in [0.15, 0.2) is 18.2 Å². The summed E-state index contributed by atoms with van der Waals surface area (Å²) in [5, 5.41) is 0. The number of halogens is 3. The maximum atomic E-state index is 13.2. The van der Waals surface area contributed by atoms with Gasteiger partial charge in [0, 0.05) is 13.0 Å². The third-order valence-corrected chi connectivity index (χ3v) is 3.47. The SMILES string of the molecule is CC1(C)CC(=O)N(c2ccc(CN)cc2C(F)(F)F)C1=O. The largest absolute Gasteiger partial charge is 0.418 e. The molecule has 1 aromatic carbocycles. The minimum Gasteiger partial charge on any atom is -0.326 e. The highest BCUT2D eigenvalue weighted by molar-refractivity contribution is 6.22. The molecule has 114 valence electrons. The molecule has 21 heavy (non-hydrogen) atoms. The van der Waals surface area contributed by atoms with Crippen LogP contribution in [0.3, 0.4) is 0 Å². The Hall–Kier alpha value is -1.89. The highest BCUT2D eigenvalue weighted by Gasteiger charge is 2.48. The quantitative estimate of drug-likeness (QED) is 0.853. The lowest BCUT2D eigenvalue weighted by Crippen LogP contribution is -2.34. The first-order valence-electron chi connectivity index (χ1n) is 6.35. The predicted molar refractivity (Wildman–Crippen MR) is 70.2 cm³/mol. The number of hydrogen-bond acceptors (Lipinski definition) is 3. The molecule has 0 aromatic heterocycles. The van der Waals surface area contributed by atoms with Gasteiger partial charge in [0.05, 0.1) is 16.7 Å². The summed E-state index contributed by atoms with van der Waals surface area (Å²) >= 11 is 0. The summed E-state index contributed by atoms with van der Waals surface area (Å²) in [7, 11) is 0. The molecule has 4 nitrogen and oxygen atoms in total. The number of rotatable bonds is 2. The lowest BCUT2D eigenvalue weighted by Gasteiger charge is -2.22. The molecular weight excluding hydrogens is 285 g/mol. The van der Waals surface area contributed by atoms with Crippen LogP contribution in [0.5, 0.6) is 0 Å². The predicted octanol–water partition coefficient (Wildman–Crippen LogP) is 2.45. The molecule has 1 fully saturated rings. The molecular formula is C14H15F3N2O2. The zero-order valence-corrected chi connectivity index (χ0v) is 11.6. The molecule has 1 heterocycles. The number of hydrogen-bond donors (Lipinski definition) is 1. The fourth-order valence-electron chi connectivity index (χ4n) is 2.32. The van der Waals surface area contributed by atoms with Crippen molar-refractivity contribution in [1.82, 2.24) is 0 Å². The van der Waals surface area contributed by atoms with E-state index in [1.54, 1.807) is 0 Å². The molecule has 0 atom stereocenters. The molecule has 0 aliphatic carbocycles. The van der Waals surface area contributed by atoms with Crippen LogP contribution in [0.1, 0.15) is 31.4 Å². The summed E-state index contributed by atoms with van der Waals surface area (Å²) in [6, 6.07) is 3.39. The van der Waals surface area contributed by atoms with E-state index in [-0.39, 0.29) is 18.5 Å². The van der Waals surface area contributed by atoms with Gasteiger partial charge in [0.15, 0.2) is 0 Å². The maximum Gasteiger partial charge on any atom is 0.418 e. The Morgan fingerprint density at radius 2 is 1.90 bits per heavy atom. The second-order valence-electron chi connectivity index (χ2n) is 5.65. The molecule has 1 saturated heterocycles. The number of nitrogens with zero attached hydrogens (tertiary/aromatic N) is 1. The molecule has 0 radical (unpaired) electrons. The normalized spacial score (nSPS) is 18.5. The Morgan fingerprint density at radius 3 is 2.33 bits per heavy atom. The van der Waals surface area contributed by atoms with E-state index in [0.29, 0.717) is 4.90 Å². The molecule has 0 saturated carbocycles. The van der Waals surface area contributed by atoms with Crippen LogP contribution >= 0.6 is 0 Å². The fourth-order valence-corrected chi connectivity index (χ4v) is 2.32. The van der Waals surface area contributed by atoms with Crippen molar-refractivity contribution in [3.63, 3.8) is 0 Å². The first-order valence-corrected chi connectivity index (χ1v) is 6.35. The third kappa shape index (κ3) is 2.65. The maximum absolute atomic E-state index is 13.2. The van der Waals surface area contributed by atoms with Crippen LogP contribution in [0.2, 0.25) is 0 Å². The summed E-state index contributed by atoms with van der Waals surface area (Å²) < 4.78 is 39.5. The van der Waals surface area contributed by atoms with Gasteiger partial charge in [0.25, 0.3) is 0 Å². The van der Waals surface area contributed by atoms with Gasteiger partial charge in [-0.2, -0.15) is 13.2 Å². The number of anilines is 1. The van der Waals surface area contributed by atoms with Crippen molar-refractivity contribution >= 4 is 17.5 Å². The van der Waals surface area contributed by atoms with Gasteiger partial charge in [-0.15, -0.1) is 0 Å². The average Bonchev–Trinajstić information content (AvgIpc) is 2.57. The van der Waals surface area contributed by atoms with E-state index >= 15 is 0 Å². The van der Waals surface area contributed by atoms with E-state index in [9.17, 15) is 22.8 Å². The van der Waals surface area contributed by atoms with Gasteiger partial charge in [-0.05, 0) is 17.7 Å². The number of carbonyl (C=O) groups excluding carboxylic acids is 2. The lowest BCUT2D eigenvalue weighted by atomic mass is 9.92. The number of carbonyl (C=O) groups is 2. The van der Waals surface area contributed by atoms with Crippen molar-refractivity contribution in [1.29, 1.82) is 0 Å². The van der Waals surface area contributed by atoms with Crippen LogP contribution in [0, 0.1) is 5.41 Å². The topological polar surface area (TPSA) is 63.4 Å². The van der Waals surface area contributed by atoms with E-state index in [1.165, 1.54) is 19.9 Å². The molecule has 1 aliphatic heterocycles. The molecule has 2 amide bonds. The number of benzene rings is 1. The van der Waals surface area contributed by atoms with Gasteiger partial charge >= 0.3 is 6.18 Å². The molecule has 1 aliphatic rings. The highest BCUT2D eigenvalue weighted by Crippen LogP contribution is 2.42. The van der Waals surface area contributed by atoms with Crippen molar-refractivity contribution < 1.29 is 22.8 Å². The van der Waals surface area contributed by atoms with Crippen molar-refractivity contribution in [2.75, 3.05) is 4.90 Å². The van der Waals surface area contributed by atoms with Gasteiger partial charge in [0.1, 0.15) is 0 Å². The summed E-state index contributed by atoms with van der Waals surface area (Å²) in [5.41, 5.74) is 3.18. The molecule has 2 N–H and O–H groups in total. The van der Waals surface area contributed by atoms with Crippen LogP contribution < -0.4 is 10.6 Å². The summed E-state index contributed by atoms with van der Waals surface area (Å²) in [5.74, 6) is -1.26. The Bertz CT molecular complexity index is 609. The smallest absolute Gasteiger partial charge is 0.326 e. The average molecular weight is 300 g/mol. The minimum atomic E-state index is -4.67. The Balaban J connectivity index is 2.59. The van der Waals surface area contributed by atoms with Gasteiger partial charge in [-0.1, -0.05) is 19.9 Å². The van der Waals surface area contributed by atoms with E-state index in [0.717, 1.165) is 12.1 Å². The molecule has 2 rings (SSSR count). The van der Waals surface area contributed by atoms with E-state index in [4.69, 9.17) is 5.73 Å². The van der Waals surface area contributed by atoms with Gasteiger partial charge < -0.3 is 5.73 Å². The van der Waals surface area contributed by atoms with E-state index in [1.807, 2.05) is 0 Å². The molecule has 0 bridgehead atoms. The highest BCUT2D eigenvalue weighted by atomic mass is 19.4. The van der Waals surface area contributed by atoms with Crippen LogP contribution in [0.25, 0.3) is 0 Å². The molecule has 0 spiro atoms. The van der Waals surface area contributed by atoms with Crippen molar-refractivity contribution in [2.24, 2.45) is 11.1 Å². The second kappa shape index (κ2) is 4.84. The van der Waals surface area contributed by atoms with Crippen LogP contribution in [-0.2, 0) is 22.3 Å². The number of nitrogens with two attached hydrogens (primary N) is 1.